The second-order valence-corrected chi connectivity index (χ2v) is 6.26. The van der Waals surface area contributed by atoms with Crippen molar-refractivity contribution in [3.05, 3.63) is 59.1 Å². The molecule has 0 aromatic carbocycles. The molecule has 0 atom stereocenters. The quantitative estimate of drug-likeness (QED) is 0.472. The van der Waals surface area contributed by atoms with Crippen LogP contribution < -0.4 is 0 Å². The molecule has 0 aliphatic carbocycles. The molecule has 0 radical (unpaired) electrons. The van der Waals surface area contributed by atoms with Crippen LogP contribution in [-0.4, -0.2) is 19.1 Å². The first-order valence-corrected chi connectivity index (χ1v) is 7.78. The van der Waals surface area contributed by atoms with Gasteiger partial charge in [-0.2, -0.15) is 0 Å². The number of halogens is 1. The molecule has 0 spiro atoms. The zero-order chi connectivity index (χ0) is 15.7. The second-order valence-electron chi connectivity index (χ2n) is 5.35. The molecule has 22 heavy (non-hydrogen) atoms. The number of pyridine rings is 2. The van der Waals surface area contributed by atoms with Crippen molar-refractivity contribution < 1.29 is 0 Å². The zero-order valence-corrected chi connectivity index (χ0v) is 14.4. The monoisotopic (exact) mass is 356 g/mol. The number of aryl methyl sites for hydroxylation is 3. The van der Waals surface area contributed by atoms with Crippen LogP contribution in [-0.2, 0) is 14.1 Å². The van der Waals surface area contributed by atoms with Gasteiger partial charge in [-0.15, -0.1) is 0 Å². The van der Waals surface area contributed by atoms with Crippen LogP contribution in [0.1, 0.15) is 5.56 Å². The van der Waals surface area contributed by atoms with E-state index in [2.05, 4.69) is 51.0 Å². The first kappa shape index (κ1) is 14.8. The van der Waals surface area contributed by atoms with Crippen LogP contribution in [0.15, 0.2) is 53.5 Å². The largest absolute Gasteiger partial charge is 0.336 e. The predicted octanol–water partition coefficient (Wildman–Crippen LogP) is 4.22. The lowest BCUT2D eigenvalue weighted by Crippen LogP contribution is -1.87. The number of hydrogen-bond donors (Lipinski definition) is 0. The van der Waals surface area contributed by atoms with E-state index in [1.165, 1.54) is 16.3 Å². The van der Waals surface area contributed by atoms with Crippen LogP contribution in [0, 0.1) is 6.92 Å². The van der Waals surface area contributed by atoms with Crippen molar-refractivity contribution in [1.82, 2.24) is 19.1 Å². The minimum atomic E-state index is 1.02. The Morgan fingerprint density at radius 1 is 0.864 bits per heavy atom. The Morgan fingerprint density at radius 2 is 1.41 bits per heavy atom. The maximum atomic E-state index is 4.30. The van der Waals surface area contributed by atoms with Crippen molar-refractivity contribution in [3.63, 3.8) is 0 Å². The molecule has 0 unspecified atom stereocenters. The van der Waals surface area contributed by atoms with E-state index in [1.807, 2.05) is 54.1 Å². The molecule has 0 amide bonds. The van der Waals surface area contributed by atoms with Crippen LogP contribution in [0.2, 0.25) is 0 Å². The average molecular weight is 357 g/mol. The van der Waals surface area contributed by atoms with Gasteiger partial charge in [0.15, 0.2) is 0 Å². The molecule has 0 N–H and O–H groups in total. The van der Waals surface area contributed by atoms with Gasteiger partial charge in [0.25, 0.3) is 0 Å². The zero-order valence-electron chi connectivity index (χ0n) is 12.8. The molecule has 0 aliphatic heterocycles. The maximum Gasteiger partial charge on any atom is 0.139 e. The Balaban J connectivity index is 0.000000131. The predicted molar refractivity (Wildman–Crippen MR) is 93.9 cm³/mol. The Hall–Kier alpha value is -2.14. The highest BCUT2D eigenvalue weighted by atomic mass is 79.9. The van der Waals surface area contributed by atoms with E-state index < -0.39 is 0 Å². The Morgan fingerprint density at radius 3 is 2.05 bits per heavy atom. The molecule has 0 saturated carbocycles. The van der Waals surface area contributed by atoms with Crippen LogP contribution in [0.3, 0.4) is 0 Å². The highest BCUT2D eigenvalue weighted by molar-refractivity contribution is 9.10. The lowest BCUT2D eigenvalue weighted by atomic mass is 10.2. The smallest absolute Gasteiger partial charge is 0.139 e. The van der Waals surface area contributed by atoms with Gasteiger partial charge in [0, 0.05) is 54.1 Å². The van der Waals surface area contributed by atoms with Crippen LogP contribution in [0.4, 0.5) is 0 Å². The SMILES string of the molecule is Cc1cnc2c(ccn2C)c1.Cn1ccc2cc(Br)cnc21. The van der Waals surface area contributed by atoms with Gasteiger partial charge < -0.3 is 9.13 Å². The second kappa shape index (κ2) is 5.93. The van der Waals surface area contributed by atoms with E-state index in [0.717, 1.165) is 15.8 Å². The first-order valence-electron chi connectivity index (χ1n) is 6.99. The highest BCUT2D eigenvalue weighted by Gasteiger charge is 1.98. The summed E-state index contributed by atoms with van der Waals surface area (Å²) in [6.07, 6.45) is 7.73. The van der Waals surface area contributed by atoms with E-state index in [1.54, 1.807) is 0 Å². The van der Waals surface area contributed by atoms with E-state index in [0.29, 0.717) is 0 Å². The molecule has 4 aromatic heterocycles. The molecule has 4 rings (SSSR count). The molecule has 0 aliphatic rings. The molecular formula is C17H17BrN4. The first-order chi connectivity index (χ1) is 10.5. The van der Waals surface area contributed by atoms with Crippen molar-refractivity contribution in [2.45, 2.75) is 6.92 Å². The maximum absolute atomic E-state index is 4.30. The summed E-state index contributed by atoms with van der Waals surface area (Å²) in [4.78, 5) is 8.56. The van der Waals surface area contributed by atoms with Gasteiger partial charge in [-0.05, 0) is 52.7 Å². The fourth-order valence-electron chi connectivity index (χ4n) is 2.39. The van der Waals surface area contributed by atoms with Gasteiger partial charge in [0.05, 0.1) is 0 Å². The third kappa shape index (κ3) is 2.90. The molecule has 4 nitrogen and oxygen atoms in total. The summed E-state index contributed by atoms with van der Waals surface area (Å²) >= 11 is 3.37. The molecular weight excluding hydrogens is 340 g/mol. The fraction of sp³-hybridized carbons (Fsp3) is 0.176. The Bertz CT molecular complexity index is 858. The summed E-state index contributed by atoms with van der Waals surface area (Å²) in [6.45, 7) is 2.06. The summed E-state index contributed by atoms with van der Waals surface area (Å²) in [5.41, 5.74) is 3.28. The fourth-order valence-corrected chi connectivity index (χ4v) is 2.74. The average Bonchev–Trinajstić information content (AvgIpc) is 3.03. The van der Waals surface area contributed by atoms with Gasteiger partial charge in [0.1, 0.15) is 11.3 Å². The van der Waals surface area contributed by atoms with Gasteiger partial charge in [-0.3, -0.25) is 0 Å². The van der Waals surface area contributed by atoms with Crippen LogP contribution in [0.5, 0.6) is 0 Å². The minimum absolute atomic E-state index is 1.02. The topological polar surface area (TPSA) is 35.6 Å². The number of fused-ring (bicyclic) bond motifs is 2. The normalized spacial score (nSPS) is 10.7. The Kier molecular flexibility index (Phi) is 3.98. The lowest BCUT2D eigenvalue weighted by Gasteiger charge is -1.94. The van der Waals surface area contributed by atoms with E-state index in [-0.39, 0.29) is 0 Å². The van der Waals surface area contributed by atoms with Gasteiger partial charge in [-0.25, -0.2) is 9.97 Å². The van der Waals surface area contributed by atoms with Gasteiger partial charge >= 0.3 is 0 Å². The molecule has 0 saturated heterocycles. The highest BCUT2D eigenvalue weighted by Crippen LogP contribution is 2.16. The van der Waals surface area contributed by atoms with Gasteiger partial charge in [0.2, 0.25) is 0 Å². The lowest BCUT2D eigenvalue weighted by molar-refractivity contribution is 0.947. The summed E-state index contributed by atoms with van der Waals surface area (Å²) in [6, 6.07) is 8.33. The van der Waals surface area contributed by atoms with E-state index in [9.17, 15) is 0 Å². The van der Waals surface area contributed by atoms with Crippen LogP contribution >= 0.6 is 15.9 Å². The molecule has 4 aromatic rings. The molecule has 5 heteroatoms. The van der Waals surface area contributed by atoms with Crippen molar-refractivity contribution in [1.29, 1.82) is 0 Å². The van der Waals surface area contributed by atoms with E-state index in [4.69, 9.17) is 0 Å². The molecule has 4 heterocycles. The number of nitrogens with zero attached hydrogens (tertiary/aromatic N) is 4. The summed E-state index contributed by atoms with van der Waals surface area (Å²) in [5.74, 6) is 0. The number of hydrogen-bond acceptors (Lipinski definition) is 2. The molecule has 112 valence electrons. The van der Waals surface area contributed by atoms with Crippen LogP contribution in [0.25, 0.3) is 22.1 Å². The number of aromatic nitrogens is 4. The number of rotatable bonds is 0. The summed E-state index contributed by atoms with van der Waals surface area (Å²) in [5, 5.41) is 2.38. The van der Waals surface area contributed by atoms with Crippen molar-refractivity contribution in [2.75, 3.05) is 0 Å². The van der Waals surface area contributed by atoms with Gasteiger partial charge in [-0.1, -0.05) is 0 Å². The van der Waals surface area contributed by atoms with E-state index >= 15 is 0 Å². The Labute approximate surface area is 137 Å². The van der Waals surface area contributed by atoms with Crippen molar-refractivity contribution in [2.24, 2.45) is 14.1 Å². The third-order valence-electron chi connectivity index (χ3n) is 3.52. The summed E-state index contributed by atoms with van der Waals surface area (Å²) < 4.78 is 5.05. The molecule has 0 bridgehead atoms. The minimum Gasteiger partial charge on any atom is -0.336 e. The summed E-state index contributed by atoms with van der Waals surface area (Å²) in [7, 11) is 3.99. The molecule has 0 fully saturated rings. The third-order valence-corrected chi connectivity index (χ3v) is 3.95. The standard InChI is InChI=1S/C9H10N2.C8H7BrN2/c1-7-5-8-3-4-11(2)9(8)10-6-7;1-11-3-2-6-4-7(9)5-10-8(6)11/h3-6H,1-2H3;2-5H,1H3. The van der Waals surface area contributed by atoms with Crippen molar-refractivity contribution >= 4 is 38.0 Å². The van der Waals surface area contributed by atoms with Crippen molar-refractivity contribution in [3.8, 4) is 0 Å².